The Morgan fingerprint density at radius 1 is 1.32 bits per heavy atom. The molecule has 1 saturated heterocycles. The fourth-order valence-electron chi connectivity index (χ4n) is 2.33. The molecule has 1 fully saturated rings. The number of aliphatic hydroxyl groups is 1. The summed E-state index contributed by atoms with van der Waals surface area (Å²) >= 11 is 0. The lowest BCUT2D eigenvalue weighted by Gasteiger charge is -2.16. The second kappa shape index (κ2) is 7.91. The van der Waals surface area contributed by atoms with E-state index in [1.54, 1.807) is 24.3 Å². The molecule has 0 spiro atoms. The topological polar surface area (TPSA) is 78.9 Å². The second-order valence-electron chi connectivity index (χ2n) is 5.20. The largest absolute Gasteiger partial charge is 0.494 e. The summed E-state index contributed by atoms with van der Waals surface area (Å²) < 4.78 is 5.49. The fourth-order valence-corrected chi connectivity index (χ4v) is 2.33. The van der Waals surface area contributed by atoms with Gasteiger partial charge in [0.15, 0.2) is 0 Å². The molecule has 1 aromatic rings. The van der Waals surface area contributed by atoms with Gasteiger partial charge in [0.05, 0.1) is 24.8 Å². The molecule has 6 heteroatoms. The molecule has 22 heavy (non-hydrogen) atoms. The van der Waals surface area contributed by atoms with E-state index in [-0.39, 0.29) is 24.8 Å². The number of hydrogen-bond acceptors (Lipinski definition) is 5. The number of carbonyl (C=O) groups is 2. The van der Waals surface area contributed by atoms with Gasteiger partial charge in [-0.1, -0.05) is 6.92 Å². The highest BCUT2D eigenvalue weighted by molar-refractivity contribution is 6.22. The quantitative estimate of drug-likeness (QED) is 0.555. The van der Waals surface area contributed by atoms with Crippen LogP contribution in [0.4, 0.5) is 5.69 Å². The highest BCUT2D eigenvalue weighted by Crippen LogP contribution is 2.25. The highest BCUT2D eigenvalue weighted by Gasteiger charge is 2.39. The number of aliphatic hydroxyl groups excluding tert-OH is 1. The molecule has 1 aliphatic heterocycles. The molecule has 1 atom stereocenters. The van der Waals surface area contributed by atoms with Gasteiger partial charge in [-0.05, 0) is 43.7 Å². The van der Waals surface area contributed by atoms with E-state index in [2.05, 4.69) is 5.32 Å². The summed E-state index contributed by atoms with van der Waals surface area (Å²) in [7, 11) is 0. The number of hydrogen-bond donors (Lipinski definition) is 2. The Balaban J connectivity index is 2.01. The molecule has 2 rings (SSSR count). The van der Waals surface area contributed by atoms with Crippen LogP contribution in [0.25, 0.3) is 0 Å². The average molecular weight is 306 g/mol. The van der Waals surface area contributed by atoms with Crippen molar-refractivity contribution < 1.29 is 19.4 Å². The number of anilines is 1. The molecule has 1 heterocycles. The third kappa shape index (κ3) is 3.84. The van der Waals surface area contributed by atoms with Gasteiger partial charge >= 0.3 is 0 Å². The molecule has 6 nitrogen and oxygen atoms in total. The van der Waals surface area contributed by atoms with Gasteiger partial charge in [0.1, 0.15) is 5.75 Å². The third-order valence-electron chi connectivity index (χ3n) is 3.44. The van der Waals surface area contributed by atoms with Crippen LogP contribution >= 0.6 is 0 Å². The first-order chi connectivity index (χ1) is 10.7. The van der Waals surface area contributed by atoms with Gasteiger partial charge in [0.25, 0.3) is 5.91 Å². The number of carbonyl (C=O) groups excluding carboxylic acids is 2. The van der Waals surface area contributed by atoms with E-state index >= 15 is 0 Å². The van der Waals surface area contributed by atoms with E-state index in [9.17, 15) is 9.59 Å². The van der Waals surface area contributed by atoms with Crippen LogP contribution in [0.3, 0.4) is 0 Å². The predicted molar refractivity (Wildman–Crippen MR) is 82.8 cm³/mol. The van der Waals surface area contributed by atoms with Gasteiger partial charge < -0.3 is 15.2 Å². The van der Waals surface area contributed by atoms with E-state index in [0.29, 0.717) is 25.3 Å². The van der Waals surface area contributed by atoms with Crippen LogP contribution in [-0.2, 0) is 9.59 Å². The lowest BCUT2D eigenvalue weighted by atomic mass is 10.2. The maximum atomic E-state index is 12.3. The van der Waals surface area contributed by atoms with Crippen molar-refractivity contribution in [3.8, 4) is 5.75 Å². The van der Waals surface area contributed by atoms with Crippen molar-refractivity contribution in [2.24, 2.45) is 0 Å². The summed E-state index contributed by atoms with van der Waals surface area (Å²) in [4.78, 5) is 25.6. The fraction of sp³-hybridized carbons (Fsp3) is 0.500. The molecule has 120 valence electrons. The normalized spacial score (nSPS) is 18.1. The van der Waals surface area contributed by atoms with E-state index in [1.807, 2.05) is 6.92 Å². The van der Waals surface area contributed by atoms with Gasteiger partial charge in [0, 0.05) is 6.61 Å². The third-order valence-corrected chi connectivity index (χ3v) is 3.44. The van der Waals surface area contributed by atoms with Crippen LogP contribution in [0.1, 0.15) is 26.2 Å². The standard InChI is InChI=1S/C16H22N2O4/c1-2-10-22-13-6-4-12(5-7-13)18-15(20)11-14(16(18)21)17-8-3-9-19/h4-7,14,17,19H,2-3,8-11H2,1H3/t14-/m0/s1. The minimum atomic E-state index is -0.505. The number of nitrogens with one attached hydrogen (secondary N) is 1. The van der Waals surface area contributed by atoms with Crippen molar-refractivity contribution in [1.82, 2.24) is 5.32 Å². The zero-order chi connectivity index (χ0) is 15.9. The second-order valence-corrected chi connectivity index (χ2v) is 5.20. The Bertz CT molecular complexity index is 515. The molecule has 2 N–H and O–H groups in total. The molecule has 1 aromatic carbocycles. The molecular weight excluding hydrogens is 284 g/mol. The summed E-state index contributed by atoms with van der Waals surface area (Å²) in [6.45, 7) is 3.24. The molecule has 1 aliphatic rings. The van der Waals surface area contributed by atoms with Crippen LogP contribution in [0.5, 0.6) is 5.75 Å². The number of ether oxygens (including phenoxy) is 1. The van der Waals surface area contributed by atoms with Crippen molar-refractivity contribution in [2.75, 3.05) is 24.7 Å². The first-order valence-corrected chi connectivity index (χ1v) is 7.61. The van der Waals surface area contributed by atoms with Crippen molar-refractivity contribution in [1.29, 1.82) is 0 Å². The van der Waals surface area contributed by atoms with Gasteiger partial charge in [-0.25, -0.2) is 4.90 Å². The monoisotopic (exact) mass is 306 g/mol. The SMILES string of the molecule is CCCOc1ccc(N2C(=O)C[C@H](NCCCO)C2=O)cc1. The highest BCUT2D eigenvalue weighted by atomic mass is 16.5. The van der Waals surface area contributed by atoms with E-state index < -0.39 is 6.04 Å². The van der Waals surface area contributed by atoms with Crippen LogP contribution in [0.15, 0.2) is 24.3 Å². The lowest BCUT2D eigenvalue weighted by Crippen LogP contribution is -2.39. The van der Waals surface area contributed by atoms with Crippen molar-refractivity contribution >= 4 is 17.5 Å². The molecule has 0 saturated carbocycles. The van der Waals surface area contributed by atoms with Gasteiger partial charge in [-0.2, -0.15) is 0 Å². The van der Waals surface area contributed by atoms with Crippen molar-refractivity contribution in [3.05, 3.63) is 24.3 Å². The van der Waals surface area contributed by atoms with Crippen LogP contribution < -0.4 is 15.0 Å². The molecule has 0 aromatic heterocycles. The smallest absolute Gasteiger partial charge is 0.251 e. The lowest BCUT2D eigenvalue weighted by molar-refractivity contribution is -0.121. The predicted octanol–water partition coefficient (Wildman–Crippen LogP) is 1.08. The molecule has 2 amide bonds. The maximum Gasteiger partial charge on any atom is 0.251 e. The van der Waals surface area contributed by atoms with Crippen LogP contribution in [0, 0.1) is 0 Å². The first-order valence-electron chi connectivity index (χ1n) is 7.61. The number of nitrogens with zero attached hydrogens (tertiary/aromatic N) is 1. The Hall–Kier alpha value is -1.92. The summed E-state index contributed by atoms with van der Waals surface area (Å²) in [6, 6.07) is 6.46. The summed E-state index contributed by atoms with van der Waals surface area (Å²) in [5.74, 6) is 0.265. The van der Waals surface area contributed by atoms with Crippen molar-refractivity contribution in [3.63, 3.8) is 0 Å². The Morgan fingerprint density at radius 3 is 2.68 bits per heavy atom. The van der Waals surface area contributed by atoms with Gasteiger partial charge in [-0.15, -0.1) is 0 Å². The van der Waals surface area contributed by atoms with E-state index in [0.717, 1.165) is 12.2 Å². The number of amides is 2. The van der Waals surface area contributed by atoms with Gasteiger partial charge in [-0.3, -0.25) is 9.59 Å². The Morgan fingerprint density at radius 2 is 2.05 bits per heavy atom. The molecule has 0 aliphatic carbocycles. The van der Waals surface area contributed by atoms with Crippen LogP contribution in [0.2, 0.25) is 0 Å². The zero-order valence-corrected chi connectivity index (χ0v) is 12.7. The van der Waals surface area contributed by atoms with Crippen LogP contribution in [-0.4, -0.2) is 42.7 Å². The summed E-state index contributed by atoms with van der Waals surface area (Å²) in [5.41, 5.74) is 0.560. The maximum absolute atomic E-state index is 12.3. The number of benzene rings is 1. The first kappa shape index (κ1) is 16.5. The van der Waals surface area contributed by atoms with E-state index in [4.69, 9.17) is 9.84 Å². The van der Waals surface area contributed by atoms with Crippen molar-refractivity contribution in [2.45, 2.75) is 32.2 Å². The number of imide groups is 1. The summed E-state index contributed by atoms with van der Waals surface area (Å²) in [6.07, 6.45) is 1.63. The Kier molecular flexibility index (Phi) is 5.91. The van der Waals surface area contributed by atoms with Gasteiger partial charge in [0.2, 0.25) is 5.91 Å². The minimum absolute atomic E-state index is 0.0603. The zero-order valence-electron chi connectivity index (χ0n) is 12.7. The molecule has 0 bridgehead atoms. The summed E-state index contributed by atoms with van der Waals surface area (Å²) in [5, 5.41) is 11.8. The average Bonchev–Trinajstić information content (AvgIpc) is 2.80. The molecule has 0 radical (unpaired) electrons. The number of rotatable bonds is 8. The Labute approximate surface area is 130 Å². The molecule has 0 unspecified atom stereocenters. The minimum Gasteiger partial charge on any atom is -0.494 e. The molecular formula is C16H22N2O4. The van der Waals surface area contributed by atoms with E-state index in [1.165, 1.54) is 4.90 Å².